The van der Waals surface area contributed by atoms with Crippen molar-refractivity contribution >= 4 is 23.5 Å². The molecule has 0 spiro atoms. The van der Waals surface area contributed by atoms with Gasteiger partial charge in [0.05, 0.1) is 4.92 Å². The van der Waals surface area contributed by atoms with Crippen molar-refractivity contribution in [1.82, 2.24) is 9.88 Å². The van der Waals surface area contributed by atoms with Crippen molar-refractivity contribution in [2.75, 3.05) is 0 Å². The fourth-order valence-corrected chi connectivity index (χ4v) is 2.70. The van der Waals surface area contributed by atoms with E-state index in [1.54, 1.807) is 32.4 Å². The van der Waals surface area contributed by atoms with Crippen LogP contribution in [0, 0.1) is 10.1 Å². The molecule has 10 heteroatoms. The molecule has 2 N–H and O–H groups in total. The van der Waals surface area contributed by atoms with E-state index in [1.165, 1.54) is 36.5 Å². The number of nitro benzene ring substituents is 1. The number of benzene rings is 1. The van der Waals surface area contributed by atoms with Crippen LogP contribution in [0.4, 0.5) is 10.5 Å². The number of ether oxygens (including phenoxy) is 1. The molecule has 0 aliphatic carbocycles. The number of carboxylic acid groups (broad SMARTS) is 1. The Hall–Kier alpha value is -3.69. The van der Waals surface area contributed by atoms with E-state index in [4.69, 9.17) is 4.74 Å². The van der Waals surface area contributed by atoms with Crippen LogP contribution in [0.2, 0.25) is 0 Å². The van der Waals surface area contributed by atoms with Crippen LogP contribution in [0.25, 0.3) is 0 Å². The number of nitrogens with one attached hydrogen (secondary N) is 1. The molecular weight excluding hydrogens is 394 g/mol. The van der Waals surface area contributed by atoms with Crippen LogP contribution in [0.15, 0.2) is 36.5 Å². The molecule has 0 bridgehead atoms. The van der Waals surface area contributed by atoms with Crippen LogP contribution in [0.3, 0.4) is 0 Å². The minimum Gasteiger partial charge on any atom is -0.480 e. The summed E-state index contributed by atoms with van der Waals surface area (Å²) in [7, 11) is 1.65. The van der Waals surface area contributed by atoms with Crippen molar-refractivity contribution in [3.63, 3.8) is 0 Å². The maximum absolute atomic E-state index is 12.7. The average Bonchev–Trinajstić information content (AvgIpc) is 2.99. The van der Waals surface area contributed by atoms with Gasteiger partial charge in [-0.05, 0) is 39.0 Å². The highest BCUT2D eigenvalue weighted by molar-refractivity contribution is 6.09. The van der Waals surface area contributed by atoms with E-state index >= 15 is 0 Å². The number of nitrogens with zero attached hydrogens (tertiary/aromatic N) is 2. The van der Waals surface area contributed by atoms with E-state index in [9.17, 15) is 29.6 Å². The number of carboxylic acids is 1. The van der Waals surface area contributed by atoms with Crippen molar-refractivity contribution in [2.24, 2.45) is 7.05 Å². The lowest BCUT2D eigenvalue weighted by atomic mass is 10.0. The average molecular weight is 417 g/mol. The first-order valence-corrected chi connectivity index (χ1v) is 9.04. The number of hydrogen-bond donors (Lipinski definition) is 2. The largest absolute Gasteiger partial charge is 0.480 e. The molecule has 30 heavy (non-hydrogen) atoms. The predicted octanol–water partition coefficient (Wildman–Crippen LogP) is 2.68. The summed E-state index contributed by atoms with van der Waals surface area (Å²) in [5.74, 6) is -1.61. The fourth-order valence-electron chi connectivity index (χ4n) is 2.70. The van der Waals surface area contributed by atoms with Gasteiger partial charge < -0.3 is 19.7 Å². The highest BCUT2D eigenvalue weighted by Crippen LogP contribution is 2.18. The minimum absolute atomic E-state index is 0.0708. The molecule has 0 aliphatic rings. The Balaban J connectivity index is 2.17. The van der Waals surface area contributed by atoms with Gasteiger partial charge in [0.25, 0.3) is 5.69 Å². The molecule has 2 rings (SSSR count). The van der Waals surface area contributed by atoms with Crippen LogP contribution < -0.4 is 5.32 Å². The number of ketones is 1. The number of hydrogen-bond acceptors (Lipinski definition) is 6. The van der Waals surface area contributed by atoms with Crippen LogP contribution in [0.5, 0.6) is 0 Å². The molecule has 2 aromatic rings. The molecule has 1 aromatic heterocycles. The number of carbonyl (C=O) groups excluding carboxylic acids is 2. The predicted molar refractivity (Wildman–Crippen MR) is 106 cm³/mol. The van der Waals surface area contributed by atoms with E-state index in [0.717, 1.165) is 0 Å². The third-order valence-corrected chi connectivity index (χ3v) is 4.11. The molecule has 0 radical (unpaired) electrons. The lowest BCUT2D eigenvalue weighted by Crippen LogP contribution is -2.44. The minimum atomic E-state index is -1.25. The first-order valence-electron chi connectivity index (χ1n) is 9.04. The zero-order valence-corrected chi connectivity index (χ0v) is 17.0. The summed E-state index contributed by atoms with van der Waals surface area (Å²) < 4.78 is 6.68. The molecular formula is C20H23N3O7. The molecule has 1 heterocycles. The second-order valence-electron chi connectivity index (χ2n) is 7.71. The Morgan fingerprint density at radius 3 is 2.30 bits per heavy atom. The SMILES string of the molecule is Cn1cc(C(=O)c2ccc([N+](=O)[O-])cc2)cc1CC(NC(=O)OC(C)(C)C)C(=O)O. The number of aryl methyl sites for hydroxylation is 1. The summed E-state index contributed by atoms with van der Waals surface area (Å²) in [5.41, 5.74) is 0.159. The quantitative estimate of drug-likeness (QED) is 0.401. The number of non-ortho nitro benzene ring substituents is 1. The Morgan fingerprint density at radius 2 is 1.80 bits per heavy atom. The van der Waals surface area contributed by atoms with Gasteiger partial charge in [-0.25, -0.2) is 9.59 Å². The van der Waals surface area contributed by atoms with Crippen molar-refractivity contribution in [3.8, 4) is 0 Å². The third kappa shape index (κ3) is 5.90. The van der Waals surface area contributed by atoms with Crippen LogP contribution in [-0.4, -0.2) is 44.1 Å². The smallest absolute Gasteiger partial charge is 0.408 e. The van der Waals surface area contributed by atoms with Gasteiger partial charge in [0.15, 0.2) is 5.78 Å². The molecule has 10 nitrogen and oxygen atoms in total. The molecule has 1 aromatic carbocycles. The fraction of sp³-hybridized carbons (Fsp3) is 0.350. The number of carbonyl (C=O) groups is 3. The highest BCUT2D eigenvalue weighted by atomic mass is 16.6. The van der Waals surface area contributed by atoms with Gasteiger partial charge >= 0.3 is 12.1 Å². The first kappa shape index (κ1) is 22.6. The van der Waals surface area contributed by atoms with Crippen molar-refractivity contribution in [3.05, 3.63) is 63.5 Å². The third-order valence-electron chi connectivity index (χ3n) is 4.11. The Bertz CT molecular complexity index is 971. The molecule has 0 aliphatic heterocycles. The van der Waals surface area contributed by atoms with E-state index < -0.39 is 28.6 Å². The van der Waals surface area contributed by atoms with Gasteiger partial charge in [-0.15, -0.1) is 0 Å². The van der Waals surface area contributed by atoms with Crippen LogP contribution in [-0.2, 0) is 23.0 Å². The van der Waals surface area contributed by atoms with Gasteiger partial charge in [0.1, 0.15) is 11.6 Å². The lowest BCUT2D eigenvalue weighted by Gasteiger charge is -2.22. The molecule has 1 atom stereocenters. The number of aliphatic carboxylic acids is 1. The molecule has 0 fully saturated rings. The summed E-state index contributed by atoms with van der Waals surface area (Å²) in [4.78, 5) is 46.3. The summed E-state index contributed by atoms with van der Waals surface area (Å²) in [6.07, 6.45) is 0.607. The van der Waals surface area contributed by atoms with E-state index in [1.807, 2.05) is 0 Å². The number of nitro groups is 1. The van der Waals surface area contributed by atoms with Crippen molar-refractivity contribution in [1.29, 1.82) is 0 Å². The topological polar surface area (TPSA) is 141 Å². The number of alkyl carbamates (subject to hydrolysis) is 1. The van der Waals surface area contributed by atoms with Crippen LogP contribution >= 0.6 is 0 Å². The second kappa shape index (κ2) is 8.76. The monoisotopic (exact) mass is 417 g/mol. The number of rotatable bonds is 7. The molecule has 160 valence electrons. The maximum atomic E-state index is 12.7. The second-order valence-corrected chi connectivity index (χ2v) is 7.71. The van der Waals surface area contributed by atoms with Gasteiger partial charge in [-0.1, -0.05) is 0 Å². The van der Waals surface area contributed by atoms with Gasteiger partial charge in [0.2, 0.25) is 0 Å². The summed E-state index contributed by atoms with van der Waals surface area (Å²) in [6, 6.07) is 5.46. The first-order chi connectivity index (χ1) is 13.9. The summed E-state index contributed by atoms with van der Waals surface area (Å²) in [5, 5.41) is 22.5. The molecule has 1 amide bonds. The maximum Gasteiger partial charge on any atom is 0.408 e. The lowest BCUT2D eigenvalue weighted by molar-refractivity contribution is -0.384. The van der Waals surface area contributed by atoms with E-state index in [-0.39, 0.29) is 23.5 Å². The molecule has 0 saturated carbocycles. The number of amides is 1. The number of aromatic nitrogens is 1. The Labute approximate surface area is 172 Å². The molecule has 1 unspecified atom stereocenters. The summed E-state index contributed by atoms with van der Waals surface area (Å²) in [6.45, 7) is 4.99. The normalized spacial score (nSPS) is 12.1. The Kier molecular flexibility index (Phi) is 6.60. The van der Waals surface area contributed by atoms with E-state index in [2.05, 4.69) is 5.32 Å². The zero-order chi connectivity index (χ0) is 22.6. The van der Waals surface area contributed by atoms with Crippen molar-refractivity contribution < 1.29 is 29.2 Å². The summed E-state index contributed by atoms with van der Waals surface area (Å²) >= 11 is 0. The van der Waals surface area contributed by atoms with Crippen molar-refractivity contribution in [2.45, 2.75) is 38.8 Å². The van der Waals surface area contributed by atoms with Crippen LogP contribution in [0.1, 0.15) is 42.4 Å². The van der Waals surface area contributed by atoms with Gasteiger partial charge in [-0.2, -0.15) is 0 Å². The Morgan fingerprint density at radius 1 is 1.20 bits per heavy atom. The van der Waals surface area contributed by atoms with Gasteiger partial charge in [-0.3, -0.25) is 14.9 Å². The standard InChI is InChI=1S/C20H23N3O7/c1-20(2,3)30-19(27)21-16(18(25)26)10-15-9-13(11-22(15)4)17(24)12-5-7-14(8-6-12)23(28)29/h5-9,11,16H,10H2,1-4H3,(H,21,27)(H,25,26). The highest BCUT2D eigenvalue weighted by Gasteiger charge is 2.26. The van der Waals surface area contributed by atoms with Gasteiger partial charge in [0, 0.05) is 48.6 Å². The molecule has 0 saturated heterocycles. The van der Waals surface area contributed by atoms with E-state index in [0.29, 0.717) is 11.3 Å². The zero-order valence-electron chi connectivity index (χ0n) is 17.0.